The van der Waals surface area contributed by atoms with Crippen LogP contribution < -0.4 is 11.5 Å². The molecular weight excluding hydrogens is 468 g/mol. The maximum Gasteiger partial charge on any atom is 0.237 e. The summed E-state index contributed by atoms with van der Waals surface area (Å²) in [6.45, 7) is 3.57. The molecule has 2 aliphatic heterocycles. The van der Waals surface area contributed by atoms with Gasteiger partial charge in [0.2, 0.25) is 17.7 Å². The summed E-state index contributed by atoms with van der Waals surface area (Å²) >= 11 is 0. The average Bonchev–Trinajstić information content (AvgIpc) is 3.13. The van der Waals surface area contributed by atoms with Gasteiger partial charge in [0, 0.05) is 26.7 Å². The highest BCUT2D eigenvalue weighted by atomic mass is 16.5. The first-order valence-corrected chi connectivity index (χ1v) is 12.9. The molecule has 0 aliphatic carbocycles. The molecule has 4 N–H and O–H groups in total. The molecule has 2 unspecified atom stereocenters. The number of carbonyl (C=O) groups excluding carboxylic acids is 3. The van der Waals surface area contributed by atoms with E-state index in [0.717, 1.165) is 17.5 Å². The Kier molecular flexibility index (Phi) is 7.99. The molecular formula is C29H38N4O4. The maximum atomic E-state index is 13.9. The topological polar surface area (TPSA) is 119 Å². The van der Waals surface area contributed by atoms with Crippen molar-refractivity contribution in [3.05, 3.63) is 71.8 Å². The summed E-state index contributed by atoms with van der Waals surface area (Å²) in [5.41, 5.74) is 11.8. The molecule has 2 aliphatic rings. The van der Waals surface area contributed by atoms with E-state index in [-0.39, 0.29) is 30.8 Å². The number of hydrogen-bond donors (Lipinski definition) is 2. The molecule has 8 heteroatoms. The summed E-state index contributed by atoms with van der Waals surface area (Å²) in [4.78, 5) is 43.1. The predicted octanol–water partition coefficient (Wildman–Crippen LogP) is 1.96. The lowest BCUT2D eigenvalue weighted by molar-refractivity contribution is -0.148. The van der Waals surface area contributed by atoms with Gasteiger partial charge >= 0.3 is 0 Å². The van der Waals surface area contributed by atoms with Crippen LogP contribution in [0.1, 0.15) is 30.9 Å². The van der Waals surface area contributed by atoms with Crippen LogP contribution in [0.25, 0.3) is 0 Å². The molecule has 2 aromatic rings. The van der Waals surface area contributed by atoms with Gasteiger partial charge in [-0.15, -0.1) is 0 Å². The van der Waals surface area contributed by atoms with Crippen LogP contribution in [0.3, 0.4) is 0 Å². The SMILES string of the molecule is CN1C[C@@H]2CCN(C(=O)C(COCc3ccccc3)CC(C)(N)C(N)=O)C[C@@]2(Cc2ccccc2)C1=O. The van der Waals surface area contributed by atoms with E-state index in [1.54, 1.807) is 16.7 Å². The van der Waals surface area contributed by atoms with E-state index in [2.05, 4.69) is 0 Å². The average molecular weight is 507 g/mol. The molecule has 2 fully saturated rings. The van der Waals surface area contributed by atoms with Gasteiger partial charge in [-0.1, -0.05) is 60.7 Å². The van der Waals surface area contributed by atoms with Gasteiger partial charge in [0.1, 0.15) is 0 Å². The van der Waals surface area contributed by atoms with Crippen molar-refractivity contribution in [1.29, 1.82) is 0 Å². The van der Waals surface area contributed by atoms with E-state index < -0.39 is 22.8 Å². The Balaban J connectivity index is 1.55. The fourth-order valence-corrected chi connectivity index (χ4v) is 5.84. The number of benzene rings is 2. The molecule has 0 radical (unpaired) electrons. The number of primary amides is 1. The summed E-state index contributed by atoms with van der Waals surface area (Å²) in [5.74, 6) is -1.23. The zero-order valence-corrected chi connectivity index (χ0v) is 21.8. The van der Waals surface area contributed by atoms with Gasteiger partial charge in [0.05, 0.1) is 30.1 Å². The second-order valence-electron chi connectivity index (χ2n) is 10.9. The highest BCUT2D eigenvalue weighted by molar-refractivity contribution is 5.88. The summed E-state index contributed by atoms with van der Waals surface area (Å²) < 4.78 is 5.93. The normalized spacial score (nSPS) is 23.9. The minimum absolute atomic E-state index is 0.0649. The molecule has 2 aromatic carbocycles. The fourth-order valence-electron chi connectivity index (χ4n) is 5.84. The van der Waals surface area contributed by atoms with Crippen LogP contribution in [-0.4, -0.2) is 66.3 Å². The van der Waals surface area contributed by atoms with E-state index in [1.165, 1.54) is 0 Å². The fraction of sp³-hybridized carbons (Fsp3) is 0.483. The first kappa shape index (κ1) is 26.8. The molecule has 0 spiro atoms. The second kappa shape index (κ2) is 11.0. The summed E-state index contributed by atoms with van der Waals surface area (Å²) in [5, 5.41) is 0. The molecule has 37 heavy (non-hydrogen) atoms. The van der Waals surface area contributed by atoms with E-state index in [0.29, 0.717) is 32.7 Å². The van der Waals surface area contributed by atoms with Crippen LogP contribution in [0.5, 0.6) is 0 Å². The van der Waals surface area contributed by atoms with Gasteiger partial charge in [-0.2, -0.15) is 0 Å². The number of hydrogen-bond acceptors (Lipinski definition) is 5. The van der Waals surface area contributed by atoms with E-state index in [1.807, 2.05) is 67.7 Å². The molecule has 0 saturated carbocycles. The van der Waals surface area contributed by atoms with Gasteiger partial charge < -0.3 is 26.0 Å². The van der Waals surface area contributed by atoms with Crippen molar-refractivity contribution in [3.8, 4) is 0 Å². The van der Waals surface area contributed by atoms with Crippen molar-refractivity contribution < 1.29 is 19.1 Å². The minimum atomic E-state index is -1.36. The number of amides is 3. The van der Waals surface area contributed by atoms with Gasteiger partial charge in [-0.3, -0.25) is 14.4 Å². The molecule has 3 amide bonds. The van der Waals surface area contributed by atoms with Crippen molar-refractivity contribution in [2.24, 2.45) is 28.7 Å². The van der Waals surface area contributed by atoms with Crippen molar-refractivity contribution in [1.82, 2.24) is 9.80 Å². The first-order chi connectivity index (χ1) is 17.6. The maximum absolute atomic E-state index is 13.9. The lowest BCUT2D eigenvalue weighted by Crippen LogP contribution is -2.57. The predicted molar refractivity (Wildman–Crippen MR) is 141 cm³/mol. The third-order valence-electron chi connectivity index (χ3n) is 7.96. The molecule has 2 heterocycles. The monoisotopic (exact) mass is 506 g/mol. The Bertz CT molecular complexity index is 1110. The van der Waals surface area contributed by atoms with Crippen LogP contribution >= 0.6 is 0 Å². The Morgan fingerprint density at radius 3 is 2.35 bits per heavy atom. The highest BCUT2D eigenvalue weighted by Crippen LogP contribution is 2.45. The zero-order chi connectivity index (χ0) is 26.6. The Morgan fingerprint density at radius 1 is 1.11 bits per heavy atom. The van der Waals surface area contributed by atoms with Crippen molar-refractivity contribution in [2.45, 2.75) is 38.3 Å². The van der Waals surface area contributed by atoms with Crippen LogP contribution in [0, 0.1) is 17.3 Å². The molecule has 198 valence electrons. The van der Waals surface area contributed by atoms with Crippen LogP contribution in [0.4, 0.5) is 0 Å². The van der Waals surface area contributed by atoms with E-state index in [4.69, 9.17) is 16.2 Å². The number of nitrogens with two attached hydrogens (primary N) is 2. The van der Waals surface area contributed by atoms with Gasteiger partial charge in [0.15, 0.2) is 0 Å². The Morgan fingerprint density at radius 2 is 1.73 bits per heavy atom. The molecule has 0 bridgehead atoms. The number of rotatable bonds is 10. The Labute approximate surface area is 218 Å². The molecule has 4 rings (SSSR count). The number of carbonyl (C=O) groups is 3. The zero-order valence-electron chi connectivity index (χ0n) is 21.8. The lowest BCUT2D eigenvalue weighted by Gasteiger charge is -2.44. The first-order valence-electron chi connectivity index (χ1n) is 12.9. The second-order valence-corrected chi connectivity index (χ2v) is 10.9. The lowest BCUT2D eigenvalue weighted by atomic mass is 9.69. The van der Waals surface area contributed by atoms with Gasteiger partial charge in [0.25, 0.3) is 0 Å². The molecule has 2 saturated heterocycles. The molecule has 0 aromatic heterocycles. The van der Waals surface area contributed by atoms with Crippen molar-refractivity contribution in [3.63, 3.8) is 0 Å². The number of nitrogens with zero attached hydrogens (tertiary/aromatic N) is 2. The van der Waals surface area contributed by atoms with Crippen molar-refractivity contribution >= 4 is 17.7 Å². The molecule has 8 nitrogen and oxygen atoms in total. The highest BCUT2D eigenvalue weighted by Gasteiger charge is 2.56. The van der Waals surface area contributed by atoms with Crippen LogP contribution in [-0.2, 0) is 32.1 Å². The van der Waals surface area contributed by atoms with Crippen LogP contribution in [0.15, 0.2) is 60.7 Å². The number of fused-ring (bicyclic) bond motifs is 1. The van der Waals surface area contributed by atoms with Gasteiger partial charge in [-0.25, -0.2) is 0 Å². The smallest absolute Gasteiger partial charge is 0.237 e. The Hall–Kier alpha value is -3.23. The summed E-state index contributed by atoms with van der Waals surface area (Å²) in [7, 11) is 1.84. The van der Waals surface area contributed by atoms with Gasteiger partial charge in [-0.05, 0) is 43.2 Å². The van der Waals surface area contributed by atoms with Crippen LogP contribution in [0.2, 0.25) is 0 Å². The molecule has 4 atom stereocenters. The quantitative estimate of drug-likeness (QED) is 0.511. The summed E-state index contributed by atoms with van der Waals surface area (Å²) in [6, 6.07) is 19.7. The largest absolute Gasteiger partial charge is 0.376 e. The third kappa shape index (κ3) is 5.86. The standard InChI is InChI=1S/C29H38N4O4/c1-28(31,26(30)35)16-23(19-37-18-22-11-7-4-8-12-22)25(34)33-14-13-24-17-32(2)27(36)29(24,20-33)15-21-9-5-3-6-10-21/h3-12,23-24H,13-20,31H2,1-2H3,(H2,30,35)/t23?,24-,28?,29+/m0/s1. The number of ether oxygens (including phenoxy) is 1. The minimum Gasteiger partial charge on any atom is -0.376 e. The number of likely N-dealkylation sites (tertiary alicyclic amines) is 2. The summed E-state index contributed by atoms with van der Waals surface area (Å²) in [6.07, 6.45) is 1.38. The van der Waals surface area contributed by atoms with Crippen molar-refractivity contribution in [2.75, 3.05) is 33.3 Å². The number of piperidine rings is 1. The third-order valence-corrected chi connectivity index (χ3v) is 7.96. The van der Waals surface area contributed by atoms with E-state index in [9.17, 15) is 14.4 Å². The van der Waals surface area contributed by atoms with E-state index >= 15 is 0 Å².